The van der Waals surface area contributed by atoms with Crippen molar-refractivity contribution in [2.45, 2.75) is 6.54 Å². The minimum Gasteiger partial charge on any atom is -0.497 e. The fourth-order valence-corrected chi connectivity index (χ4v) is 3.13. The number of aromatic amines is 1. The number of methoxy groups -OCH3 is 1. The standard InChI is InChI=1S/C18H15N5O2S/c1-25-13-6-4-5-12(9-13)23-16(20-21-18(23)26)11-22-15-8-3-2-7-14(15)19-10-17(22)24/h2-10H,11H2,1H3,(H,21,26). The number of aromatic nitrogens is 5. The smallest absolute Gasteiger partial charge is 0.269 e. The summed E-state index contributed by atoms with van der Waals surface area (Å²) in [6.45, 7) is 0.256. The van der Waals surface area contributed by atoms with Gasteiger partial charge in [-0.2, -0.15) is 5.10 Å². The predicted octanol–water partition coefficient (Wildman–Crippen LogP) is 2.70. The van der Waals surface area contributed by atoms with Crippen LogP contribution < -0.4 is 10.3 Å². The third-order valence-corrected chi connectivity index (χ3v) is 4.38. The molecule has 4 rings (SSSR count). The van der Waals surface area contributed by atoms with Crippen LogP contribution in [0.3, 0.4) is 0 Å². The molecule has 7 nitrogen and oxygen atoms in total. The second kappa shape index (κ2) is 6.57. The summed E-state index contributed by atoms with van der Waals surface area (Å²) in [5.74, 6) is 1.32. The normalized spacial score (nSPS) is 11.0. The minimum atomic E-state index is -0.199. The summed E-state index contributed by atoms with van der Waals surface area (Å²) < 4.78 is 9.15. The molecule has 0 unspecified atom stereocenters. The van der Waals surface area contributed by atoms with Crippen LogP contribution in [-0.2, 0) is 6.54 Å². The molecule has 130 valence electrons. The lowest BCUT2D eigenvalue weighted by atomic mass is 10.3. The van der Waals surface area contributed by atoms with Crippen LogP contribution in [0.4, 0.5) is 0 Å². The van der Waals surface area contributed by atoms with Crippen molar-refractivity contribution in [1.82, 2.24) is 24.3 Å². The van der Waals surface area contributed by atoms with Gasteiger partial charge in [0.25, 0.3) is 5.56 Å². The van der Waals surface area contributed by atoms with Crippen molar-refractivity contribution in [1.29, 1.82) is 0 Å². The molecule has 8 heteroatoms. The molecule has 0 spiro atoms. The van der Waals surface area contributed by atoms with Gasteiger partial charge < -0.3 is 4.74 Å². The first-order chi connectivity index (χ1) is 12.7. The van der Waals surface area contributed by atoms with E-state index in [0.29, 0.717) is 16.3 Å². The molecule has 26 heavy (non-hydrogen) atoms. The number of para-hydroxylation sites is 2. The fraction of sp³-hybridized carbons (Fsp3) is 0.111. The SMILES string of the molecule is COc1cccc(-n2c(Cn3c(=O)cnc4ccccc43)n[nH]c2=S)c1. The summed E-state index contributed by atoms with van der Waals surface area (Å²) in [6.07, 6.45) is 1.32. The molecule has 1 N–H and O–H groups in total. The van der Waals surface area contributed by atoms with Gasteiger partial charge in [-0.25, -0.2) is 4.98 Å². The zero-order chi connectivity index (χ0) is 18.1. The average Bonchev–Trinajstić information content (AvgIpc) is 3.04. The molecule has 0 saturated heterocycles. The average molecular weight is 365 g/mol. The Hall–Kier alpha value is -3.26. The monoisotopic (exact) mass is 365 g/mol. The second-order valence-electron chi connectivity index (χ2n) is 5.65. The Labute approximate surface area is 153 Å². The molecule has 0 radical (unpaired) electrons. The lowest BCUT2D eigenvalue weighted by molar-refractivity contribution is 0.414. The number of H-pyrrole nitrogens is 1. The molecular formula is C18H15N5O2S. The molecule has 2 aromatic heterocycles. The van der Waals surface area contributed by atoms with Crippen molar-refractivity contribution in [2.75, 3.05) is 7.11 Å². The summed E-state index contributed by atoms with van der Waals surface area (Å²) >= 11 is 5.38. The van der Waals surface area contributed by atoms with Gasteiger partial charge >= 0.3 is 0 Å². The molecule has 0 fully saturated rings. The van der Waals surface area contributed by atoms with Crippen molar-refractivity contribution in [3.63, 3.8) is 0 Å². The Morgan fingerprint density at radius 2 is 2.04 bits per heavy atom. The molecule has 0 aliphatic rings. The van der Waals surface area contributed by atoms with E-state index in [4.69, 9.17) is 17.0 Å². The summed E-state index contributed by atoms with van der Waals surface area (Å²) in [4.78, 5) is 16.6. The zero-order valence-corrected chi connectivity index (χ0v) is 14.7. The maximum absolute atomic E-state index is 12.4. The minimum absolute atomic E-state index is 0.199. The number of nitrogens with one attached hydrogen (secondary N) is 1. The topological polar surface area (TPSA) is 77.7 Å². The van der Waals surface area contributed by atoms with Crippen molar-refractivity contribution < 1.29 is 4.74 Å². The van der Waals surface area contributed by atoms with Gasteiger partial charge in [0.1, 0.15) is 5.75 Å². The van der Waals surface area contributed by atoms with Crippen molar-refractivity contribution >= 4 is 23.3 Å². The van der Waals surface area contributed by atoms with E-state index >= 15 is 0 Å². The molecule has 2 aromatic carbocycles. The number of benzene rings is 2. The Morgan fingerprint density at radius 3 is 2.88 bits per heavy atom. The van der Waals surface area contributed by atoms with Crippen LogP contribution in [0.15, 0.2) is 59.5 Å². The third kappa shape index (κ3) is 2.80. The Morgan fingerprint density at radius 1 is 1.19 bits per heavy atom. The molecule has 2 heterocycles. The van der Waals surface area contributed by atoms with Crippen LogP contribution in [-0.4, -0.2) is 31.4 Å². The number of rotatable bonds is 4. The zero-order valence-electron chi connectivity index (χ0n) is 13.9. The number of hydrogen-bond donors (Lipinski definition) is 1. The van der Waals surface area contributed by atoms with E-state index in [1.165, 1.54) is 6.20 Å². The molecule has 4 aromatic rings. The van der Waals surface area contributed by atoms with E-state index < -0.39 is 0 Å². The molecular weight excluding hydrogens is 350 g/mol. The lowest BCUT2D eigenvalue weighted by Crippen LogP contribution is -2.22. The number of ether oxygens (including phenoxy) is 1. The summed E-state index contributed by atoms with van der Waals surface area (Å²) in [5, 5.41) is 7.12. The largest absolute Gasteiger partial charge is 0.497 e. The molecule has 0 aliphatic heterocycles. The van der Waals surface area contributed by atoms with Gasteiger partial charge in [-0.1, -0.05) is 18.2 Å². The molecule has 0 bridgehead atoms. The molecule has 0 aliphatic carbocycles. The van der Waals surface area contributed by atoms with E-state index in [2.05, 4.69) is 15.2 Å². The van der Waals surface area contributed by atoms with Crippen molar-refractivity contribution in [3.8, 4) is 11.4 Å². The van der Waals surface area contributed by atoms with E-state index in [-0.39, 0.29) is 12.1 Å². The van der Waals surface area contributed by atoms with Gasteiger partial charge in [0.2, 0.25) is 0 Å². The molecule has 0 amide bonds. The predicted molar refractivity (Wildman–Crippen MR) is 100 cm³/mol. The second-order valence-corrected chi connectivity index (χ2v) is 6.04. The first-order valence-corrected chi connectivity index (χ1v) is 8.33. The molecule has 0 atom stereocenters. The highest BCUT2D eigenvalue weighted by atomic mass is 32.1. The lowest BCUT2D eigenvalue weighted by Gasteiger charge is -2.11. The third-order valence-electron chi connectivity index (χ3n) is 4.11. The first kappa shape index (κ1) is 16.2. The van der Waals surface area contributed by atoms with E-state index in [1.807, 2.05) is 48.5 Å². The van der Waals surface area contributed by atoms with E-state index in [1.54, 1.807) is 16.2 Å². The van der Waals surface area contributed by atoms with Gasteiger partial charge in [-0.05, 0) is 36.5 Å². The number of hydrogen-bond acceptors (Lipinski definition) is 5. The highest BCUT2D eigenvalue weighted by Gasteiger charge is 2.12. The number of fused-ring (bicyclic) bond motifs is 1. The van der Waals surface area contributed by atoms with Gasteiger partial charge in [-0.3, -0.25) is 19.0 Å². The first-order valence-electron chi connectivity index (χ1n) is 7.92. The van der Waals surface area contributed by atoms with Gasteiger partial charge in [0.05, 0.1) is 36.6 Å². The quantitative estimate of drug-likeness (QED) is 0.563. The summed E-state index contributed by atoms with van der Waals surface area (Å²) in [7, 11) is 1.61. The Kier molecular flexibility index (Phi) is 4.10. The highest BCUT2D eigenvalue weighted by molar-refractivity contribution is 7.71. The number of nitrogens with zero attached hydrogens (tertiary/aromatic N) is 4. The summed E-state index contributed by atoms with van der Waals surface area (Å²) in [6, 6.07) is 15.0. The van der Waals surface area contributed by atoms with Crippen molar-refractivity contribution in [2.24, 2.45) is 0 Å². The van der Waals surface area contributed by atoms with E-state index in [0.717, 1.165) is 16.7 Å². The maximum atomic E-state index is 12.4. The van der Waals surface area contributed by atoms with Crippen LogP contribution in [0.5, 0.6) is 5.75 Å². The fourth-order valence-electron chi connectivity index (χ4n) is 2.87. The van der Waals surface area contributed by atoms with Crippen LogP contribution in [0.1, 0.15) is 5.82 Å². The Bertz CT molecular complexity index is 1210. The summed E-state index contributed by atoms with van der Waals surface area (Å²) in [5.41, 5.74) is 2.10. The van der Waals surface area contributed by atoms with Gasteiger partial charge in [-0.15, -0.1) is 0 Å². The van der Waals surface area contributed by atoms with E-state index in [9.17, 15) is 4.79 Å². The van der Waals surface area contributed by atoms with Crippen LogP contribution in [0.2, 0.25) is 0 Å². The van der Waals surface area contributed by atoms with Crippen LogP contribution in [0.25, 0.3) is 16.7 Å². The van der Waals surface area contributed by atoms with Crippen molar-refractivity contribution in [3.05, 3.63) is 75.7 Å². The van der Waals surface area contributed by atoms with Gasteiger partial charge in [0.15, 0.2) is 10.6 Å². The maximum Gasteiger partial charge on any atom is 0.269 e. The van der Waals surface area contributed by atoms with Crippen LogP contribution in [0, 0.1) is 4.77 Å². The Balaban J connectivity index is 1.86. The highest BCUT2D eigenvalue weighted by Crippen LogP contribution is 2.19. The van der Waals surface area contributed by atoms with Crippen LogP contribution >= 0.6 is 12.2 Å². The van der Waals surface area contributed by atoms with Gasteiger partial charge in [0, 0.05) is 6.07 Å². The molecule has 0 saturated carbocycles.